The van der Waals surface area contributed by atoms with E-state index in [1.54, 1.807) is 11.3 Å². The van der Waals surface area contributed by atoms with E-state index >= 15 is 0 Å². The Morgan fingerprint density at radius 2 is 2.10 bits per heavy atom. The Morgan fingerprint density at radius 3 is 2.83 bits per heavy atom. The number of nitrogens with zero attached hydrogens (tertiary/aromatic N) is 3. The molecule has 0 radical (unpaired) electrons. The Bertz CT molecular complexity index is 1040. The van der Waals surface area contributed by atoms with E-state index in [0.717, 1.165) is 45.4 Å². The van der Waals surface area contributed by atoms with Crippen molar-refractivity contribution in [3.8, 4) is 0 Å². The molecule has 158 valence electrons. The van der Waals surface area contributed by atoms with Crippen LogP contribution in [0.4, 0.5) is 10.9 Å². The van der Waals surface area contributed by atoms with Gasteiger partial charge in [-0.1, -0.05) is 37.2 Å². The number of anilines is 2. The van der Waals surface area contributed by atoms with E-state index < -0.39 is 0 Å². The number of nitrogens with two attached hydrogens (primary N) is 1. The molecule has 0 atom stereocenters. The van der Waals surface area contributed by atoms with Gasteiger partial charge in [-0.15, -0.1) is 0 Å². The maximum Gasteiger partial charge on any atom is 0.189 e. The predicted octanol–water partition coefficient (Wildman–Crippen LogP) is 5.40. The summed E-state index contributed by atoms with van der Waals surface area (Å²) < 4.78 is 1.04. The molecule has 0 fully saturated rings. The van der Waals surface area contributed by atoms with E-state index in [9.17, 15) is 0 Å². The van der Waals surface area contributed by atoms with Crippen LogP contribution in [-0.2, 0) is 6.54 Å². The van der Waals surface area contributed by atoms with E-state index in [2.05, 4.69) is 46.3 Å². The zero-order chi connectivity index (χ0) is 21.5. The molecule has 30 heavy (non-hydrogen) atoms. The first kappa shape index (κ1) is 21.9. The summed E-state index contributed by atoms with van der Waals surface area (Å²) in [7, 11) is 2.16. The van der Waals surface area contributed by atoms with Crippen LogP contribution in [0.5, 0.6) is 0 Å². The van der Waals surface area contributed by atoms with Crippen molar-refractivity contribution in [3.05, 3.63) is 53.4 Å². The second kappa shape index (κ2) is 10.3. The summed E-state index contributed by atoms with van der Waals surface area (Å²) in [4.78, 5) is 11.5. The van der Waals surface area contributed by atoms with Crippen molar-refractivity contribution in [2.24, 2.45) is 5.73 Å². The van der Waals surface area contributed by atoms with E-state index in [1.807, 2.05) is 31.3 Å². The molecule has 0 unspecified atom stereocenters. The number of nitrogens with one attached hydrogen (secondary N) is 2. The van der Waals surface area contributed by atoms with E-state index in [1.165, 1.54) is 31.0 Å². The maximum absolute atomic E-state index is 7.61. The minimum atomic E-state index is 0.632. The first-order valence-corrected chi connectivity index (χ1v) is 11.1. The van der Waals surface area contributed by atoms with Gasteiger partial charge >= 0.3 is 0 Å². The van der Waals surface area contributed by atoms with Gasteiger partial charge in [0.25, 0.3) is 0 Å². The summed E-state index contributed by atoms with van der Waals surface area (Å²) in [6.07, 6.45) is 6.88. The highest BCUT2D eigenvalue weighted by molar-refractivity contribution is 7.22. The summed E-state index contributed by atoms with van der Waals surface area (Å²) in [6, 6.07) is 10.1. The Balaban J connectivity index is 1.73. The molecule has 0 bridgehead atoms. The second-order valence-corrected chi connectivity index (χ2v) is 8.59. The normalized spacial score (nSPS) is 12.3. The van der Waals surface area contributed by atoms with Gasteiger partial charge in [-0.25, -0.2) is 9.97 Å². The number of fused-ring (bicyclic) bond motifs is 1. The highest BCUT2D eigenvalue weighted by Gasteiger charge is 2.09. The molecule has 4 N–H and O–H groups in total. The summed E-state index contributed by atoms with van der Waals surface area (Å²) in [5, 5.41) is 11.7. The number of unbranched alkanes of at least 4 members (excludes halogenated alkanes) is 2. The summed E-state index contributed by atoms with van der Waals surface area (Å²) in [5.41, 5.74) is 10.3. The average molecular weight is 423 g/mol. The minimum absolute atomic E-state index is 0.632. The van der Waals surface area contributed by atoms with Gasteiger partial charge < -0.3 is 21.4 Å². The van der Waals surface area contributed by atoms with Crippen LogP contribution in [0.25, 0.3) is 15.8 Å². The number of aromatic nitrogens is 2. The number of pyridine rings is 1. The smallest absolute Gasteiger partial charge is 0.189 e. The van der Waals surface area contributed by atoms with Gasteiger partial charge in [-0.3, -0.25) is 0 Å². The number of thiazole rings is 1. The standard InChI is InChI=1S/C23H30N6S/c1-4-5-6-11-29(3)15-17-9-10-26-22(12-17)28-23-27-20-8-7-18(13-21(20)30-23)19(14-24)16(2)25/h7-10,12-14,24H,4-6,11,15,25H2,1-3H3,(H,26,27,28)/b19-16+,24-14?. The zero-order valence-electron chi connectivity index (χ0n) is 17.9. The van der Waals surface area contributed by atoms with Crippen molar-refractivity contribution in [2.75, 3.05) is 18.9 Å². The van der Waals surface area contributed by atoms with Gasteiger partial charge in [0.2, 0.25) is 0 Å². The highest BCUT2D eigenvalue weighted by atomic mass is 32.1. The minimum Gasteiger partial charge on any atom is -0.402 e. The van der Waals surface area contributed by atoms with Crippen LogP contribution in [0.2, 0.25) is 0 Å². The molecule has 0 aliphatic carbocycles. The lowest BCUT2D eigenvalue weighted by Crippen LogP contribution is -2.19. The third-order valence-corrected chi connectivity index (χ3v) is 5.86. The number of hydrogen-bond donors (Lipinski definition) is 3. The van der Waals surface area contributed by atoms with Crippen molar-refractivity contribution in [1.29, 1.82) is 5.41 Å². The summed E-state index contributed by atoms with van der Waals surface area (Å²) in [5.74, 6) is 0.798. The lowest BCUT2D eigenvalue weighted by molar-refractivity contribution is 0.318. The Morgan fingerprint density at radius 1 is 1.27 bits per heavy atom. The largest absolute Gasteiger partial charge is 0.402 e. The van der Waals surface area contributed by atoms with Gasteiger partial charge in [-0.05, 0) is 62.3 Å². The Labute approximate surface area is 182 Å². The monoisotopic (exact) mass is 422 g/mol. The van der Waals surface area contributed by atoms with Crippen molar-refractivity contribution >= 4 is 44.3 Å². The highest BCUT2D eigenvalue weighted by Crippen LogP contribution is 2.30. The molecule has 7 heteroatoms. The molecule has 0 spiro atoms. The molecule has 6 nitrogen and oxygen atoms in total. The fourth-order valence-electron chi connectivity index (χ4n) is 3.34. The van der Waals surface area contributed by atoms with Crippen LogP contribution in [-0.4, -0.2) is 34.7 Å². The van der Waals surface area contributed by atoms with E-state index in [-0.39, 0.29) is 0 Å². The molecule has 0 saturated carbocycles. The topological polar surface area (TPSA) is 90.9 Å². The first-order chi connectivity index (χ1) is 14.5. The number of allylic oxidation sites excluding steroid dienone is 2. The molecular weight excluding hydrogens is 392 g/mol. The molecule has 2 aromatic heterocycles. The SMILES string of the molecule is CCCCCN(C)Cc1ccnc(Nc2nc3ccc(/C(C=N)=C(\C)N)cc3s2)c1. The lowest BCUT2D eigenvalue weighted by atomic mass is 10.1. The molecule has 0 amide bonds. The van der Waals surface area contributed by atoms with Gasteiger partial charge in [0.15, 0.2) is 5.13 Å². The Hall–Kier alpha value is -2.77. The van der Waals surface area contributed by atoms with Crippen molar-refractivity contribution < 1.29 is 0 Å². The van der Waals surface area contributed by atoms with Gasteiger partial charge in [-0.2, -0.15) is 0 Å². The van der Waals surface area contributed by atoms with Crippen molar-refractivity contribution in [3.63, 3.8) is 0 Å². The van der Waals surface area contributed by atoms with Crippen LogP contribution in [0.1, 0.15) is 44.2 Å². The van der Waals surface area contributed by atoms with Crippen molar-refractivity contribution in [1.82, 2.24) is 14.9 Å². The molecule has 3 rings (SSSR count). The molecule has 1 aromatic carbocycles. The molecule has 0 aliphatic rings. The third kappa shape index (κ3) is 5.64. The van der Waals surface area contributed by atoms with Crippen LogP contribution in [0.3, 0.4) is 0 Å². The fourth-order valence-corrected chi connectivity index (χ4v) is 4.26. The molecule has 3 aromatic rings. The first-order valence-electron chi connectivity index (χ1n) is 10.3. The molecule has 0 saturated heterocycles. The van der Waals surface area contributed by atoms with Gasteiger partial charge in [0, 0.05) is 30.2 Å². The van der Waals surface area contributed by atoms with Crippen molar-refractivity contribution in [2.45, 2.75) is 39.7 Å². The van der Waals surface area contributed by atoms with E-state index in [0.29, 0.717) is 5.70 Å². The number of benzene rings is 1. The zero-order valence-corrected chi connectivity index (χ0v) is 18.7. The fraction of sp³-hybridized carbons (Fsp3) is 0.348. The van der Waals surface area contributed by atoms with Crippen LogP contribution >= 0.6 is 11.3 Å². The third-order valence-electron chi connectivity index (χ3n) is 4.92. The average Bonchev–Trinajstić information content (AvgIpc) is 3.10. The number of hydrogen-bond acceptors (Lipinski definition) is 7. The predicted molar refractivity (Wildman–Crippen MR) is 129 cm³/mol. The maximum atomic E-state index is 7.61. The number of rotatable bonds is 10. The van der Waals surface area contributed by atoms with Crippen LogP contribution < -0.4 is 11.1 Å². The van der Waals surface area contributed by atoms with Gasteiger partial charge in [0.1, 0.15) is 5.82 Å². The molecule has 0 aliphatic heterocycles. The Kier molecular flexibility index (Phi) is 7.54. The second-order valence-electron chi connectivity index (χ2n) is 7.56. The molecular formula is C23H30N6S. The summed E-state index contributed by atoms with van der Waals surface area (Å²) >= 11 is 1.57. The van der Waals surface area contributed by atoms with Crippen LogP contribution in [0.15, 0.2) is 42.2 Å². The van der Waals surface area contributed by atoms with Crippen LogP contribution in [0, 0.1) is 5.41 Å². The summed E-state index contributed by atoms with van der Waals surface area (Å²) in [6.45, 7) is 6.05. The quantitative estimate of drug-likeness (QED) is 0.301. The van der Waals surface area contributed by atoms with Gasteiger partial charge in [0.05, 0.1) is 10.2 Å². The lowest BCUT2D eigenvalue weighted by Gasteiger charge is -2.16. The van der Waals surface area contributed by atoms with E-state index in [4.69, 9.17) is 11.1 Å². The molecule has 2 heterocycles.